The molecule has 0 N–H and O–H groups in total. The van der Waals surface area contributed by atoms with Crippen LogP contribution in [0.15, 0.2) is 22.9 Å². The monoisotopic (exact) mass is 398 g/mol. The molecular weight excluding hydrogens is 386 g/mol. The van der Waals surface area contributed by atoms with Gasteiger partial charge in [0, 0.05) is 18.0 Å². The molecule has 1 aromatic heterocycles. The minimum absolute atomic E-state index is 0.0327. The normalized spacial score (nSPS) is 21.3. The Hall–Kier alpha value is -2.04. The van der Waals surface area contributed by atoms with Gasteiger partial charge in [0.05, 0.1) is 16.5 Å². The Morgan fingerprint density at radius 2 is 1.81 bits per heavy atom. The summed E-state index contributed by atoms with van der Waals surface area (Å²) in [6.45, 7) is 0.413. The van der Waals surface area contributed by atoms with Gasteiger partial charge < -0.3 is 9.74 Å². The summed E-state index contributed by atoms with van der Waals surface area (Å²) in [5, 5.41) is 3.39. The van der Waals surface area contributed by atoms with Crippen molar-refractivity contribution in [1.82, 2.24) is 0 Å². The van der Waals surface area contributed by atoms with Gasteiger partial charge >= 0.3 is 18.3 Å². The highest BCUT2D eigenvalue weighted by Crippen LogP contribution is 2.37. The van der Waals surface area contributed by atoms with Crippen LogP contribution in [-0.2, 0) is 9.63 Å². The lowest BCUT2D eigenvalue weighted by atomic mass is 9.96. The van der Waals surface area contributed by atoms with E-state index in [4.69, 9.17) is 0 Å². The van der Waals surface area contributed by atoms with E-state index in [9.17, 15) is 31.1 Å². The lowest BCUT2D eigenvalue weighted by Gasteiger charge is -2.33. The average molecular weight is 398 g/mol. The lowest BCUT2D eigenvalue weighted by Crippen LogP contribution is -2.38. The predicted octanol–water partition coefficient (Wildman–Crippen LogP) is 4.39. The van der Waals surface area contributed by atoms with Crippen molar-refractivity contribution in [3.05, 3.63) is 22.6 Å². The van der Waals surface area contributed by atoms with Gasteiger partial charge in [0.2, 0.25) is 0 Å². The molecule has 1 saturated heterocycles. The fourth-order valence-electron chi connectivity index (χ4n) is 2.77. The highest BCUT2D eigenvalue weighted by atomic mass is 32.1. The molecule has 0 atom stereocenters. The Bertz CT molecular complexity index is 757. The first-order valence-corrected chi connectivity index (χ1v) is 8.37. The van der Waals surface area contributed by atoms with E-state index in [0.29, 0.717) is 9.88 Å². The topological polar surface area (TPSA) is 41.9 Å². The summed E-state index contributed by atoms with van der Waals surface area (Å²) in [6.07, 6.45) is -8.08. The van der Waals surface area contributed by atoms with Crippen LogP contribution < -0.4 is 4.90 Å². The molecule has 1 fully saturated rings. The van der Waals surface area contributed by atoms with E-state index >= 15 is 0 Å². The van der Waals surface area contributed by atoms with Crippen LogP contribution in [0.2, 0.25) is 0 Å². The summed E-state index contributed by atoms with van der Waals surface area (Å²) in [4.78, 5) is 17.7. The van der Waals surface area contributed by atoms with Crippen LogP contribution in [0.5, 0.6) is 0 Å². The number of carbonyl (C=O) groups is 1. The fourth-order valence-corrected chi connectivity index (χ4v) is 3.78. The van der Waals surface area contributed by atoms with Crippen molar-refractivity contribution in [3.8, 4) is 0 Å². The van der Waals surface area contributed by atoms with E-state index in [1.807, 2.05) is 0 Å². The first kappa shape index (κ1) is 18.7. The van der Waals surface area contributed by atoms with Crippen molar-refractivity contribution in [1.29, 1.82) is 0 Å². The summed E-state index contributed by atoms with van der Waals surface area (Å²) < 4.78 is 76.6. The number of alkyl halides is 6. The number of hydrogen-bond acceptors (Lipinski definition) is 5. The maximum atomic E-state index is 12.8. The van der Waals surface area contributed by atoms with Gasteiger partial charge in [0.25, 0.3) is 0 Å². The number of carbonyl (C=O) groups excluding carboxylic acids is 1. The van der Waals surface area contributed by atoms with Crippen molar-refractivity contribution < 1.29 is 36.0 Å². The number of thiophene rings is 1. The molecule has 0 unspecified atom stereocenters. The van der Waals surface area contributed by atoms with Crippen LogP contribution in [0.4, 0.5) is 31.3 Å². The van der Waals surface area contributed by atoms with E-state index in [1.54, 1.807) is 11.0 Å². The summed E-state index contributed by atoms with van der Waals surface area (Å²) in [6, 6.07) is 3.11. The summed E-state index contributed by atoms with van der Waals surface area (Å²) in [7, 11) is 0. The number of halogens is 6. The quantitative estimate of drug-likeness (QED) is 0.422. The molecule has 0 spiro atoms. The maximum absolute atomic E-state index is 12.8. The van der Waals surface area contributed by atoms with Crippen LogP contribution >= 0.6 is 11.3 Å². The zero-order valence-electron chi connectivity index (χ0n) is 13.0. The molecule has 142 valence electrons. The van der Waals surface area contributed by atoms with Gasteiger partial charge in [-0.1, -0.05) is 5.16 Å². The molecule has 2 aliphatic heterocycles. The molecule has 3 rings (SSSR count). The first-order valence-electron chi connectivity index (χ1n) is 7.56. The van der Waals surface area contributed by atoms with Crippen molar-refractivity contribution in [2.24, 2.45) is 11.1 Å². The third kappa shape index (κ3) is 3.87. The number of anilines is 1. The first-order chi connectivity index (χ1) is 12.1. The molecule has 0 aliphatic carbocycles. The molecule has 4 nitrogen and oxygen atoms in total. The second kappa shape index (κ2) is 6.60. The van der Waals surface area contributed by atoms with Gasteiger partial charge in [-0.2, -0.15) is 26.3 Å². The molecule has 0 aromatic carbocycles. The average Bonchev–Trinajstić information content (AvgIpc) is 3.14. The Balaban J connectivity index is 1.73. The highest BCUT2D eigenvalue weighted by molar-refractivity contribution is 7.17. The Labute approximate surface area is 147 Å². The minimum Gasteiger partial charge on any atom is -0.363 e. The third-order valence-electron chi connectivity index (χ3n) is 4.13. The van der Waals surface area contributed by atoms with Gasteiger partial charge in [-0.3, -0.25) is 0 Å². The van der Waals surface area contributed by atoms with Crippen LogP contribution in [0.3, 0.4) is 0 Å². The van der Waals surface area contributed by atoms with Crippen LogP contribution in [-0.4, -0.2) is 37.1 Å². The summed E-state index contributed by atoms with van der Waals surface area (Å²) >= 11 is 1.09. The number of nitrogens with zero attached hydrogens (tertiary/aromatic N) is 2. The van der Waals surface area contributed by atoms with Crippen LogP contribution in [0, 0.1) is 5.92 Å². The standard InChI is InChI=1S/C15H12F6N2O2S/c16-14(17,18)8-3-5-23(6-4-8)11-2-1-9(26-11)7-10-12(15(19,20)21)22-25-13(10)24/h1-2,7-8H,3-6H2/b10-7-. The summed E-state index contributed by atoms with van der Waals surface area (Å²) in [5.74, 6) is -2.53. The lowest BCUT2D eigenvalue weighted by molar-refractivity contribution is -0.179. The SMILES string of the molecule is O=C1ON=C(C(F)(F)F)/C1=C/c1ccc(N2CCC(C(F)(F)F)CC2)s1. The van der Waals surface area contributed by atoms with Crippen LogP contribution in [0.25, 0.3) is 6.08 Å². The van der Waals surface area contributed by atoms with E-state index in [1.165, 1.54) is 6.07 Å². The smallest absolute Gasteiger partial charge is 0.363 e. The third-order valence-corrected chi connectivity index (χ3v) is 5.23. The number of rotatable bonds is 2. The van der Waals surface area contributed by atoms with Gasteiger partial charge in [0.1, 0.15) is 0 Å². The molecular formula is C15H12F6N2O2S. The molecule has 11 heteroatoms. The highest BCUT2D eigenvalue weighted by Gasteiger charge is 2.45. The van der Waals surface area contributed by atoms with Crippen molar-refractivity contribution >= 4 is 34.1 Å². The van der Waals surface area contributed by atoms with Crippen molar-refractivity contribution in [3.63, 3.8) is 0 Å². The Kier molecular flexibility index (Phi) is 4.76. The van der Waals surface area contributed by atoms with E-state index in [2.05, 4.69) is 9.99 Å². The van der Waals surface area contributed by atoms with E-state index < -0.39 is 35.5 Å². The molecule has 2 aliphatic rings. The zero-order valence-corrected chi connectivity index (χ0v) is 13.8. The van der Waals surface area contributed by atoms with Crippen LogP contribution in [0.1, 0.15) is 17.7 Å². The summed E-state index contributed by atoms with van der Waals surface area (Å²) in [5.41, 5.74) is -2.09. The number of piperidine rings is 1. The Morgan fingerprint density at radius 3 is 2.38 bits per heavy atom. The fraction of sp³-hybridized carbons (Fsp3) is 0.467. The van der Waals surface area contributed by atoms with Gasteiger partial charge in [0.15, 0.2) is 5.71 Å². The number of hydrogen-bond donors (Lipinski definition) is 0. The largest absolute Gasteiger partial charge is 0.437 e. The molecule has 0 saturated carbocycles. The van der Waals surface area contributed by atoms with Gasteiger partial charge in [-0.15, -0.1) is 11.3 Å². The molecule has 0 amide bonds. The molecule has 0 radical (unpaired) electrons. The Morgan fingerprint density at radius 1 is 1.15 bits per heavy atom. The predicted molar refractivity (Wildman–Crippen MR) is 82.9 cm³/mol. The van der Waals surface area contributed by atoms with E-state index in [-0.39, 0.29) is 25.9 Å². The van der Waals surface area contributed by atoms with Gasteiger partial charge in [-0.25, -0.2) is 4.79 Å². The number of oxime groups is 1. The molecule has 1 aromatic rings. The minimum atomic E-state index is -4.82. The molecule has 0 bridgehead atoms. The van der Waals surface area contributed by atoms with E-state index in [0.717, 1.165) is 17.4 Å². The molecule has 3 heterocycles. The maximum Gasteiger partial charge on any atom is 0.437 e. The molecule has 26 heavy (non-hydrogen) atoms. The van der Waals surface area contributed by atoms with Crippen molar-refractivity contribution in [2.45, 2.75) is 25.2 Å². The second-order valence-electron chi connectivity index (χ2n) is 5.85. The second-order valence-corrected chi connectivity index (χ2v) is 6.95. The van der Waals surface area contributed by atoms with Gasteiger partial charge in [-0.05, 0) is 31.1 Å². The van der Waals surface area contributed by atoms with Crippen molar-refractivity contribution in [2.75, 3.05) is 18.0 Å². The zero-order chi connectivity index (χ0) is 19.1.